The van der Waals surface area contributed by atoms with Crippen LogP contribution in [0.2, 0.25) is 0 Å². The van der Waals surface area contributed by atoms with Crippen molar-refractivity contribution in [2.75, 3.05) is 52.9 Å². The van der Waals surface area contributed by atoms with Gasteiger partial charge in [0.15, 0.2) is 5.96 Å². The first kappa shape index (κ1) is 21.7. The second kappa shape index (κ2) is 10.1. The van der Waals surface area contributed by atoms with Crippen molar-refractivity contribution in [2.24, 2.45) is 16.8 Å². The number of carbonyl (C=O) groups excluding carboxylic acids is 1. The van der Waals surface area contributed by atoms with Crippen molar-refractivity contribution < 1.29 is 4.79 Å². The van der Waals surface area contributed by atoms with Crippen molar-refractivity contribution in [3.8, 4) is 0 Å². The van der Waals surface area contributed by atoms with Gasteiger partial charge >= 0.3 is 0 Å². The molecule has 2 heterocycles. The number of hydrogen-bond donors (Lipinski definition) is 1. The Bertz CT molecular complexity index is 478. The lowest BCUT2D eigenvalue weighted by Gasteiger charge is -2.40. The molecule has 2 atom stereocenters. The minimum absolute atomic E-state index is 0. The molecule has 2 unspecified atom stereocenters. The Morgan fingerprint density at radius 3 is 2.15 bits per heavy atom. The maximum atomic E-state index is 12.7. The monoisotopic (exact) mass is 477 g/mol. The number of guanidine groups is 1. The van der Waals surface area contributed by atoms with E-state index >= 15 is 0 Å². The van der Waals surface area contributed by atoms with Crippen molar-refractivity contribution in [2.45, 2.75) is 45.6 Å². The third-order valence-corrected chi connectivity index (χ3v) is 5.90. The average Bonchev–Trinajstić information content (AvgIpc) is 2.54. The third-order valence-electron chi connectivity index (χ3n) is 5.90. The standard InChI is InChI=1S/C19H35N5O.HI/c1-15-11-16(2)13-24(12-15)18(25)14-22-7-9-23(10-8-22)19(20-3)21-17-5-4-6-17;/h15-17H,4-14H2,1-3H3,(H,20,21);1H. The molecule has 3 rings (SSSR count). The largest absolute Gasteiger partial charge is 0.354 e. The molecule has 3 fully saturated rings. The van der Waals surface area contributed by atoms with Crippen LogP contribution in [0.3, 0.4) is 0 Å². The minimum atomic E-state index is 0. The highest BCUT2D eigenvalue weighted by atomic mass is 127. The molecule has 2 aliphatic heterocycles. The lowest BCUT2D eigenvalue weighted by molar-refractivity contribution is -0.135. The number of likely N-dealkylation sites (tertiary alicyclic amines) is 1. The number of carbonyl (C=O) groups is 1. The Balaban J connectivity index is 0.00000243. The molecule has 2 saturated heterocycles. The summed E-state index contributed by atoms with van der Waals surface area (Å²) < 4.78 is 0. The molecule has 3 aliphatic rings. The van der Waals surface area contributed by atoms with E-state index in [4.69, 9.17) is 0 Å². The maximum absolute atomic E-state index is 12.7. The van der Waals surface area contributed by atoms with Gasteiger partial charge in [-0.05, 0) is 37.5 Å². The number of nitrogens with zero attached hydrogens (tertiary/aromatic N) is 4. The molecule has 1 saturated carbocycles. The van der Waals surface area contributed by atoms with E-state index in [1.807, 2.05) is 7.05 Å². The SMILES string of the molecule is CN=C(NC1CCC1)N1CCN(CC(=O)N2CC(C)CC(C)C2)CC1.I. The van der Waals surface area contributed by atoms with Crippen LogP contribution in [0.1, 0.15) is 39.5 Å². The number of amides is 1. The van der Waals surface area contributed by atoms with Crippen molar-refractivity contribution >= 4 is 35.8 Å². The normalized spacial score (nSPS) is 28.3. The smallest absolute Gasteiger partial charge is 0.236 e. The highest BCUT2D eigenvalue weighted by Crippen LogP contribution is 2.21. The van der Waals surface area contributed by atoms with Gasteiger partial charge in [-0.2, -0.15) is 0 Å². The molecule has 0 spiro atoms. The first-order valence-corrected chi connectivity index (χ1v) is 10.0. The second-order valence-electron chi connectivity index (χ2n) is 8.33. The van der Waals surface area contributed by atoms with Gasteiger partial charge in [0.25, 0.3) is 0 Å². The molecule has 1 amide bonds. The van der Waals surface area contributed by atoms with Crippen LogP contribution in [-0.2, 0) is 4.79 Å². The van der Waals surface area contributed by atoms with E-state index in [9.17, 15) is 4.79 Å². The Kier molecular flexibility index (Phi) is 8.44. The van der Waals surface area contributed by atoms with Crippen LogP contribution in [0.4, 0.5) is 0 Å². The quantitative estimate of drug-likeness (QED) is 0.383. The van der Waals surface area contributed by atoms with Crippen molar-refractivity contribution in [1.82, 2.24) is 20.0 Å². The molecule has 1 aliphatic carbocycles. The van der Waals surface area contributed by atoms with Gasteiger partial charge in [-0.1, -0.05) is 13.8 Å². The van der Waals surface area contributed by atoms with Gasteiger partial charge in [0.05, 0.1) is 6.54 Å². The summed E-state index contributed by atoms with van der Waals surface area (Å²) in [6.07, 6.45) is 5.11. The van der Waals surface area contributed by atoms with Crippen LogP contribution in [-0.4, -0.2) is 85.5 Å². The van der Waals surface area contributed by atoms with Crippen LogP contribution < -0.4 is 5.32 Å². The van der Waals surface area contributed by atoms with Gasteiger partial charge in [0.2, 0.25) is 5.91 Å². The van der Waals surface area contributed by atoms with Gasteiger partial charge in [0.1, 0.15) is 0 Å². The van der Waals surface area contributed by atoms with Crippen LogP contribution in [0.25, 0.3) is 0 Å². The van der Waals surface area contributed by atoms with Gasteiger partial charge in [0, 0.05) is 52.4 Å². The zero-order chi connectivity index (χ0) is 17.8. The summed E-state index contributed by atoms with van der Waals surface area (Å²) in [6.45, 7) is 10.7. The first-order valence-electron chi connectivity index (χ1n) is 10.0. The minimum Gasteiger partial charge on any atom is -0.354 e. The Morgan fingerprint density at radius 1 is 1.04 bits per heavy atom. The molecule has 0 radical (unpaired) electrons. The Labute approximate surface area is 175 Å². The van der Waals surface area contributed by atoms with E-state index in [1.165, 1.54) is 25.7 Å². The van der Waals surface area contributed by atoms with Crippen molar-refractivity contribution in [1.29, 1.82) is 0 Å². The number of hydrogen-bond acceptors (Lipinski definition) is 3. The lowest BCUT2D eigenvalue weighted by atomic mass is 9.92. The fourth-order valence-electron chi connectivity index (χ4n) is 4.31. The number of aliphatic imine (C=N–C) groups is 1. The van der Waals surface area contributed by atoms with Crippen LogP contribution in [0.5, 0.6) is 0 Å². The van der Waals surface area contributed by atoms with Crippen LogP contribution >= 0.6 is 24.0 Å². The number of piperazine rings is 1. The Hall–Kier alpha value is -0.570. The lowest BCUT2D eigenvalue weighted by Crippen LogP contribution is -2.56. The molecule has 0 aromatic heterocycles. The zero-order valence-electron chi connectivity index (χ0n) is 16.6. The van der Waals surface area contributed by atoms with E-state index in [2.05, 4.69) is 38.9 Å². The summed E-state index contributed by atoms with van der Waals surface area (Å²) in [5.74, 6) is 2.61. The van der Waals surface area contributed by atoms with E-state index in [-0.39, 0.29) is 24.0 Å². The molecule has 0 aromatic rings. The van der Waals surface area contributed by atoms with Crippen molar-refractivity contribution in [3.63, 3.8) is 0 Å². The highest BCUT2D eigenvalue weighted by molar-refractivity contribution is 14.0. The van der Waals surface area contributed by atoms with Crippen LogP contribution in [0.15, 0.2) is 4.99 Å². The summed E-state index contributed by atoms with van der Waals surface area (Å²) in [7, 11) is 1.87. The van der Waals surface area contributed by atoms with E-state index in [0.717, 1.165) is 45.2 Å². The molecular formula is C19H36IN5O. The van der Waals surface area contributed by atoms with Crippen LogP contribution in [0, 0.1) is 11.8 Å². The molecule has 6 nitrogen and oxygen atoms in total. The summed E-state index contributed by atoms with van der Waals surface area (Å²) >= 11 is 0. The topological polar surface area (TPSA) is 51.2 Å². The van der Waals surface area contributed by atoms with Gasteiger partial charge in [-0.3, -0.25) is 14.7 Å². The molecule has 0 aromatic carbocycles. The highest BCUT2D eigenvalue weighted by Gasteiger charge is 2.28. The summed E-state index contributed by atoms with van der Waals surface area (Å²) in [6, 6.07) is 0.612. The number of piperidine rings is 1. The molecule has 0 bridgehead atoms. The zero-order valence-corrected chi connectivity index (χ0v) is 18.9. The maximum Gasteiger partial charge on any atom is 0.236 e. The second-order valence-corrected chi connectivity index (χ2v) is 8.33. The fourth-order valence-corrected chi connectivity index (χ4v) is 4.31. The molecular weight excluding hydrogens is 441 g/mol. The summed E-state index contributed by atoms with van der Waals surface area (Å²) in [5.41, 5.74) is 0. The molecule has 7 heteroatoms. The first-order chi connectivity index (χ1) is 12.0. The van der Waals surface area contributed by atoms with Gasteiger partial charge in [-0.25, -0.2) is 0 Å². The van der Waals surface area contributed by atoms with Gasteiger partial charge < -0.3 is 15.1 Å². The molecule has 26 heavy (non-hydrogen) atoms. The fraction of sp³-hybridized carbons (Fsp3) is 0.895. The number of rotatable bonds is 3. The predicted molar refractivity (Wildman–Crippen MR) is 117 cm³/mol. The van der Waals surface area contributed by atoms with E-state index < -0.39 is 0 Å². The summed E-state index contributed by atoms with van der Waals surface area (Å²) in [4.78, 5) is 23.8. The number of halogens is 1. The van der Waals surface area contributed by atoms with E-state index in [1.54, 1.807) is 0 Å². The average molecular weight is 477 g/mol. The molecule has 150 valence electrons. The molecule has 1 N–H and O–H groups in total. The third kappa shape index (κ3) is 5.71. The number of nitrogens with one attached hydrogen (secondary N) is 1. The summed E-state index contributed by atoms with van der Waals surface area (Å²) in [5, 5.41) is 3.57. The predicted octanol–water partition coefficient (Wildman–Crippen LogP) is 1.85. The van der Waals surface area contributed by atoms with Gasteiger partial charge in [-0.15, -0.1) is 24.0 Å². The van der Waals surface area contributed by atoms with Crippen molar-refractivity contribution in [3.05, 3.63) is 0 Å². The van der Waals surface area contributed by atoms with E-state index in [0.29, 0.717) is 30.3 Å². The Morgan fingerprint density at radius 2 is 1.65 bits per heavy atom.